The lowest BCUT2D eigenvalue weighted by Crippen LogP contribution is -2.44. The fourth-order valence-corrected chi connectivity index (χ4v) is 6.32. The Kier molecular flexibility index (Phi) is 8.76. The molecule has 10 nitrogen and oxygen atoms in total. The van der Waals surface area contributed by atoms with Crippen LogP contribution in [0.15, 0.2) is 101 Å². The molecule has 0 unspecified atom stereocenters. The Hall–Kier alpha value is -5.31. The van der Waals surface area contributed by atoms with Crippen molar-refractivity contribution >= 4 is 38.3 Å². The zero-order valence-corrected chi connectivity index (χ0v) is 27.8. The Bertz CT molecular complexity index is 2380. The molecule has 4 atom stereocenters. The highest BCUT2D eigenvalue weighted by Crippen LogP contribution is 2.36. The van der Waals surface area contributed by atoms with Gasteiger partial charge in [-0.25, -0.2) is 9.36 Å². The van der Waals surface area contributed by atoms with Crippen molar-refractivity contribution in [2.75, 3.05) is 6.61 Å². The first-order valence-corrected chi connectivity index (χ1v) is 16.4. The van der Waals surface area contributed by atoms with E-state index in [0.29, 0.717) is 0 Å². The molecule has 5 aromatic carbocycles. The molecule has 0 saturated carbocycles. The van der Waals surface area contributed by atoms with E-state index >= 15 is 0 Å². The van der Waals surface area contributed by atoms with Crippen molar-refractivity contribution in [2.24, 2.45) is 5.41 Å². The summed E-state index contributed by atoms with van der Waals surface area (Å²) in [7, 11) is 0. The Labute approximate surface area is 287 Å². The number of aliphatic hydroxyl groups excluding tert-OH is 2. The molecule has 1 aliphatic heterocycles. The van der Waals surface area contributed by atoms with Gasteiger partial charge in [0.1, 0.15) is 18.3 Å². The minimum Gasteiger partial charge on any atom is -0.443 e. The lowest BCUT2D eigenvalue weighted by Gasteiger charge is -2.23. The Morgan fingerprint density at radius 1 is 0.880 bits per heavy atom. The summed E-state index contributed by atoms with van der Waals surface area (Å²) in [6.07, 6.45) is -3.31. The third-order valence-corrected chi connectivity index (χ3v) is 9.07. The third-order valence-electron chi connectivity index (χ3n) is 9.07. The van der Waals surface area contributed by atoms with Crippen LogP contribution in [0.2, 0.25) is 0 Å². The van der Waals surface area contributed by atoms with Crippen molar-refractivity contribution in [3.8, 4) is 11.8 Å². The maximum absolute atomic E-state index is 13.4. The van der Waals surface area contributed by atoms with E-state index in [1.807, 2.05) is 24.3 Å². The molecule has 7 rings (SSSR count). The molecule has 0 radical (unpaired) electrons. The first-order valence-electron chi connectivity index (χ1n) is 16.4. The predicted octanol–water partition coefficient (Wildman–Crippen LogP) is 4.69. The molecule has 1 saturated heterocycles. The van der Waals surface area contributed by atoms with Gasteiger partial charge in [-0.15, -0.1) is 0 Å². The second kappa shape index (κ2) is 13.2. The van der Waals surface area contributed by atoms with Gasteiger partial charge in [0.05, 0.1) is 18.6 Å². The summed E-state index contributed by atoms with van der Waals surface area (Å²) in [5, 5.41) is 27.9. The van der Waals surface area contributed by atoms with Crippen molar-refractivity contribution in [3.05, 3.63) is 129 Å². The quantitative estimate of drug-likeness (QED) is 0.142. The number of carbonyl (C=O) groups excluding carboxylic acids is 1. The van der Waals surface area contributed by atoms with Gasteiger partial charge in [-0.3, -0.25) is 14.2 Å². The lowest BCUT2D eigenvalue weighted by molar-refractivity contribution is -0.157. The summed E-state index contributed by atoms with van der Waals surface area (Å²) in [6.45, 7) is 3.91. The van der Waals surface area contributed by atoms with E-state index in [-0.39, 0.29) is 6.61 Å². The smallest absolute Gasteiger partial charge is 0.335 e. The molecule has 2 heterocycles. The number of aliphatic hydroxyl groups is 2. The van der Waals surface area contributed by atoms with Gasteiger partial charge >= 0.3 is 11.7 Å². The molecule has 1 fully saturated rings. The predicted molar refractivity (Wildman–Crippen MR) is 189 cm³/mol. The number of nitrogens with zero attached hydrogens (tertiary/aromatic N) is 2. The zero-order chi connectivity index (χ0) is 35.2. The monoisotopic (exact) mass is 672 g/mol. The molecular weight excluding hydrogens is 636 g/mol. The van der Waals surface area contributed by atoms with Crippen LogP contribution in [0.5, 0.6) is 0 Å². The molecule has 1 aliphatic rings. The minimum absolute atomic E-state index is 0.0556. The van der Waals surface area contributed by atoms with Crippen LogP contribution in [0.4, 0.5) is 0 Å². The van der Waals surface area contributed by atoms with E-state index in [0.717, 1.165) is 37.3 Å². The van der Waals surface area contributed by atoms with Gasteiger partial charge < -0.3 is 24.4 Å². The average molecular weight is 673 g/mol. The SMILES string of the molecule is CC(C)(C)C(=O)OCn1c(=O)ccn([C@@H]2O[C@H](CO)[C@@H](O)[C@H]2OCc2ccc(C#Cc3ccc4ccc5cccc6ccc3c4c56)cc2)c1=O. The lowest BCUT2D eigenvalue weighted by atomic mass is 9.92. The number of hydrogen-bond donors (Lipinski definition) is 2. The highest BCUT2D eigenvalue weighted by Gasteiger charge is 2.46. The van der Waals surface area contributed by atoms with Crippen LogP contribution >= 0.6 is 0 Å². The fourth-order valence-electron chi connectivity index (χ4n) is 6.32. The largest absolute Gasteiger partial charge is 0.443 e. The molecule has 6 aromatic rings. The standard InChI is InChI=1S/C40H36N2O8/c1-40(2,3)38(46)49-23-42-32(44)19-20-41(39(42)47)37-36(35(45)31(21-43)50-37)48-22-25-9-7-24(8-10-25)11-12-26-13-14-29-16-15-27-5-4-6-28-17-18-30(26)34(29)33(27)28/h4-10,13-20,31,35-37,43,45H,21-23H2,1-3H3/t31-,35-,36-,37-/m1/s1. The Morgan fingerprint density at radius 3 is 2.26 bits per heavy atom. The molecule has 0 aliphatic carbocycles. The number of hydrogen-bond acceptors (Lipinski definition) is 8. The van der Waals surface area contributed by atoms with Crippen molar-refractivity contribution in [2.45, 2.75) is 58.6 Å². The van der Waals surface area contributed by atoms with Crippen LogP contribution in [0, 0.1) is 17.3 Å². The minimum atomic E-state index is -1.27. The van der Waals surface area contributed by atoms with Crippen molar-refractivity contribution in [3.63, 3.8) is 0 Å². The van der Waals surface area contributed by atoms with E-state index < -0.39 is 60.5 Å². The van der Waals surface area contributed by atoms with Gasteiger partial charge in [0.15, 0.2) is 13.0 Å². The number of ether oxygens (including phenoxy) is 3. The molecule has 0 spiro atoms. The maximum atomic E-state index is 13.4. The number of carbonyl (C=O) groups is 1. The molecule has 254 valence electrons. The van der Waals surface area contributed by atoms with E-state index in [2.05, 4.69) is 66.4 Å². The van der Waals surface area contributed by atoms with Crippen LogP contribution in [0.1, 0.15) is 43.7 Å². The molecule has 0 amide bonds. The number of benzene rings is 5. The van der Waals surface area contributed by atoms with Crippen LogP contribution in [0.3, 0.4) is 0 Å². The van der Waals surface area contributed by atoms with Gasteiger partial charge in [-0.2, -0.15) is 0 Å². The van der Waals surface area contributed by atoms with Gasteiger partial charge in [-0.1, -0.05) is 72.5 Å². The summed E-state index contributed by atoms with van der Waals surface area (Å²) >= 11 is 0. The summed E-state index contributed by atoms with van der Waals surface area (Å²) in [6, 6.07) is 27.7. The van der Waals surface area contributed by atoms with Crippen molar-refractivity contribution in [1.29, 1.82) is 0 Å². The molecule has 0 bridgehead atoms. The second-order valence-corrected chi connectivity index (χ2v) is 13.5. The van der Waals surface area contributed by atoms with E-state index in [4.69, 9.17) is 14.2 Å². The topological polar surface area (TPSA) is 129 Å². The zero-order valence-electron chi connectivity index (χ0n) is 27.8. The molecule has 10 heteroatoms. The number of rotatable bonds is 7. The maximum Gasteiger partial charge on any atom is 0.335 e. The first-order chi connectivity index (χ1) is 24.0. The summed E-state index contributed by atoms with van der Waals surface area (Å²) in [5.41, 5.74) is 0.197. The number of esters is 1. The summed E-state index contributed by atoms with van der Waals surface area (Å²) in [4.78, 5) is 38.2. The summed E-state index contributed by atoms with van der Waals surface area (Å²) < 4.78 is 19.0. The Morgan fingerprint density at radius 2 is 1.56 bits per heavy atom. The summed E-state index contributed by atoms with van der Waals surface area (Å²) in [5.74, 6) is 6.04. The molecule has 50 heavy (non-hydrogen) atoms. The van der Waals surface area contributed by atoms with E-state index in [9.17, 15) is 24.6 Å². The third kappa shape index (κ3) is 6.17. The first kappa shape index (κ1) is 33.2. The fraction of sp³-hybridized carbons (Fsp3) is 0.275. The van der Waals surface area contributed by atoms with E-state index in [1.54, 1.807) is 20.8 Å². The highest BCUT2D eigenvalue weighted by atomic mass is 16.6. The molecule has 1 aromatic heterocycles. The van der Waals surface area contributed by atoms with Gasteiger partial charge in [0.2, 0.25) is 0 Å². The highest BCUT2D eigenvalue weighted by molar-refractivity contribution is 6.23. The van der Waals surface area contributed by atoms with Crippen molar-refractivity contribution in [1.82, 2.24) is 9.13 Å². The van der Waals surface area contributed by atoms with Crippen LogP contribution < -0.4 is 11.2 Å². The van der Waals surface area contributed by atoms with Crippen LogP contribution in [-0.2, 0) is 32.3 Å². The van der Waals surface area contributed by atoms with Crippen molar-refractivity contribution < 1.29 is 29.2 Å². The molecule has 2 N–H and O–H groups in total. The van der Waals surface area contributed by atoms with Gasteiger partial charge in [0.25, 0.3) is 5.56 Å². The number of aromatic nitrogens is 2. The van der Waals surface area contributed by atoms with E-state index in [1.165, 1.54) is 33.1 Å². The Balaban J connectivity index is 1.09. The van der Waals surface area contributed by atoms with Gasteiger partial charge in [0, 0.05) is 23.4 Å². The normalized spacial score (nSPS) is 19.2. The van der Waals surface area contributed by atoms with Crippen LogP contribution in [-0.4, -0.2) is 50.2 Å². The van der Waals surface area contributed by atoms with Crippen LogP contribution in [0.25, 0.3) is 32.3 Å². The van der Waals surface area contributed by atoms with Gasteiger partial charge in [-0.05, 0) is 76.9 Å². The second-order valence-electron chi connectivity index (χ2n) is 13.5. The molecular formula is C40H36N2O8. The average Bonchev–Trinajstić information content (AvgIpc) is 3.43.